The number of carbonyl (C=O) groups excluding carboxylic acids is 5. The van der Waals surface area contributed by atoms with Crippen molar-refractivity contribution in [2.24, 2.45) is 11.8 Å². The van der Waals surface area contributed by atoms with E-state index in [0.717, 1.165) is 30.3 Å². The Labute approximate surface area is 540 Å². The van der Waals surface area contributed by atoms with E-state index in [1.165, 1.54) is 127 Å². The minimum atomic E-state index is -1.17. The summed E-state index contributed by atoms with van der Waals surface area (Å²) in [4.78, 5) is 65.8. The topological polar surface area (TPSA) is 367 Å². The summed E-state index contributed by atoms with van der Waals surface area (Å²) in [7, 11) is 0. The highest BCUT2D eigenvalue weighted by Gasteiger charge is 2.58. The van der Waals surface area contributed by atoms with Gasteiger partial charge in [0, 0.05) is 54.0 Å². The van der Waals surface area contributed by atoms with Gasteiger partial charge in [0.15, 0.2) is 51.9 Å². The van der Waals surface area contributed by atoms with E-state index in [1.807, 2.05) is 0 Å². The lowest BCUT2D eigenvalue weighted by molar-refractivity contribution is 0.0452. The molecule has 95 heavy (non-hydrogen) atoms. The summed E-state index contributed by atoms with van der Waals surface area (Å²) >= 11 is 0. The highest BCUT2D eigenvalue weighted by molar-refractivity contribution is 6.11. The summed E-state index contributed by atoms with van der Waals surface area (Å²) in [5.74, 6) is -9.05. The molecule has 1 saturated carbocycles. The van der Waals surface area contributed by atoms with Crippen molar-refractivity contribution in [2.75, 3.05) is 0 Å². The summed E-state index contributed by atoms with van der Waals surface area (Å²) in [6.07, 6.45) is 8.37. The van der Waals surface area contributed by atoms with Crippen molar-refractivity contribution in [3.63, 3.8) is 0 Å². The average Bonchev–Trinajstić information content (AvgIpc) is 0.713. The molecule has 0 spiro atoms. The number of phenols is 13. The van der Waals surface area contributed by atoms with Gasteiger partial charge in [-0.3, -0.25) is 24.0 Å². The van der Waals surface area contributed by atoms with Crippen LogP contribution in [-0.4, -0.2) is 95.3 Å². The molecule has 0 amide bonds. The number of allylic oxidation sites excluding steroid dienone is 3. The predicted octanol–water partition coefficient (Wildman–Crippen LogP) is 13.7. The Morgan fingerprint density at radius 3 is 0.916 bits per heavy atom. The SMILES string of the molecule is O=C(/C=C/c1ccc(Oc2ccc(/C=C/C(=O)c3ccc(O)cc3O)cc2O)cc1)c1ccc(O)cc1O.O=C(/C=C/c1ccc(Oc2ccc([C@@H]3[C@@H](C(=O)c4ccc(O)cc4O)[C@H](C(=O)c4ccc(O)cc4O)[C@H]3c3ccc(O)cc3)cc2O)cc1)c1ccc(O)cc1O. The molecule has 1 fully saturated rings. The fourth-order valence-corrected chi connectivity index (χ4v) is 10.8. The number of hydrogen-bond acceptors (Lipinski definition) is 20. The lowest BCUT2D eigenvalue weighted by atomic mass is 9.49. The fourth-order valence-electron chi connectivity index (χ4n) is 10.8. The second-order valence-electron chi connectivity index (χ2n) is 21.8. The molecule has 10 aromatic carbocycles. The maximum absolute atomic E-state index is 14.4. The molecule has 0 aromatic heterocycles. The summed E-state index contributed by atoms with van der Waals surface area (Å²) in [6.45, 7) is 0. The van der Waals surface area contributed by atoms with E-state index in [-0.39, 0.29) is 103 Å². The molecule has 10 aromatic rings. The first-order valence-electron chi connectivity index (χ1n) is 28.8. The van der Waals surface area contributed by atoms with Gasteiger partial charge in [0.1, 0.15) is 74.7 Å². The molecule has 1 aliphatic rings. The maximum Gasteiger partial charge on any atom is 0.189 e. The molecule has 0 bridgehead atoms. The van der Waals surface area contributed by atoms with E-state index in [4.69, 9.17) is 9.47 Å². The minimum absolute atomic E-state index is 0.0205. The number of Topliss-reactive ketones (excluding diaryl/α,β-unsaturated/α-hetero) is 2. The van der Waals surface area contributed by atoms with E-state index in [1.54, 1.807) is 78.9 Å². The van der Waals surface area contributed by atoms with Crippen molar-refractivity contribution < 1.29 is 99.8 Å². The zero-order chi connectivity index (χ0) is 67.8. The molecule has 20 nitrogen and oxygen atoms in total. The highest BCUT2D eigenvalue weighted by atomic mass is 16.5. The zero-order valence-corrected chi connectivity index (χ0v) is 49.5. The van der Waals surface area contributed by atoms with Crippen LogP contribution >= 0.6 is 0 Å². The standard InChI is InChI=1S/C45H34O12.C30H22O8/c46-26-7-4-24(5-8-26)40-41(43(45(56)33-16-11-29(49)22-37(33)53)42(40)44(55)32-15-10-28(48)21-36(32)52)25-6-18-39(38(54)19-25)57-30-12-1-23(2-13-30)3-17-34(50)31-14-9-27(47)20-35(31)51;31-20-6-10-23(27(35)16-20)25(33)12-3-18-1-8-22(9-2-18)38-30-14-5-19(15-29(30)37)4-13-26(34)24-11-7-21(32)17-28(24)36/h1-22,40-43,46-49,51-54H;1-17,31-32,35-37H/b17-3+;12-3+,13-4+/t40-,41-,42+,43+;/m0./s1. The van der Waals surface area contributed by atoms with Gasteiger partial charge in [-0.25, -0.2) is 0 Å². The van der Waals surface area contributed by atoms with Gasteiger partial charge in [-0.05, 0) is 167 Å². The van der Waals surface area contributed by atoms with Gasteiger partial charge in [-0.1, -0.05) is 66.8 Å². The molecule has 20 heteroatoms. The first-order chi connectivity index (χ1) is 45.5. The fraction of sp³-hybridized carbons (Fsp3) is 0.0533. The van der Waals surface area contributed by atoms with Gasteiger partial charge in [-0.15, -0.1) is 0 Å². The zero-order valence-electron chi connectivity index (χ0n) is 49.5. The lowest BCUT2D eigenvalue weighted by Gasteiger charge is -2.51. The molecule has 476 valence electrons. The summed E-state index contributed by atoms with van der Waals surface area (Å²) in [5.41, 5.74) is 2.63. The van der Waals surface area contributed by atoms with E-state index >= 15 is 0 Å². The first kappa shape index (κ1) is 64.7. The van der Waals surface area contributed by atoms with Crippen molar-refractivity contribution in [1.82, 2.24) is 0 Å². The smallest absolute Gasteiger partial charge is 0.189 e. The number of phenolic OH excluding ortho intramolecular Hbond substituents is 13. The molecule has 11 rings (SSSR count). The number of rotatable bonds is 19. The van der Waals surface area contributed by atoms with Gasteiger partial charge in [0.05, 0.1) is 27.8 Å². The molecule has 0 unspecified atom stereocenters. The Morgan fingerprint density at radius 1 is 0.274 bits per heavy atom. The third kappa shape index (κ3) is 15.0. The quantitative estimate of drug-likeness (QED) is 0.0264. The van der Waals surface area contributed by atoms with E-state index in [9.17, 15) is 90.4 Å². The molecule has 0 saturated heterocycles. The largest absolute Gasteiger partial charge is 0.508 e. The monoisotopic (exact) mass is 1280 g/mol. The number of hydrogen-bond donors (Lipinski definition) is 13. The van der Waals surface area contributed by atoms with Crippen LogP contribution in [0.4, 0.5) is 0 Å². The lowest BCUT2D eigenvalue weighted by Crippen LogP contribution is -2.51. The number of ketones is 5. The summed E-state index contributed by atoms with van der Waals surface area (Å²) in [5, 5.41) is 131. The van der Waals surface area contributed by atoms with Crippen molar-refractivity contribution >= 4 is 47.1 Å². The van der Waals surface area contributed by atoms with Crippen molar-refractivity contribution in [3.05, 3.63) is 274 Å². The minimum Gasteiger partial charge on any atom is -0.508 e. The number of aromatic hydroxyl groups is 13. The normalized spacial score (nSPS) is 14.9. The van der Waals surface area contributed by atoms with E-state index in [0.29, 0.717) is 39.3 Å². The Kier molecular flexibility index (Phi) is 19.0. The molecule has 1 aliphatic carbocycles. The number of ether oxygens (including phenoxy) is 2. The van der Waals surface area contributed by atoms with E-state index in [2.05, 4.69) is 0 Å². The highest BCUT2D eigenvalue weighted by Crippen LogP contribution is 2.61. The molecule has 0 radical (unpaired) electrons. The Morgan fingerprint density at radius 2 is 0.568 bits per heavy atom. The molecular weight excluding hydrogens is 1220 g/mol. The van der Waals surface area contributed by atoms with Crippen LogP contribution in [0.1, 0.15) is 91.4 Å². The Balaban J connectivity index is 0.000000225. The molecule has 13 N–H and O–H groups in total. The van der Waals surface area contributed by atoms with Gasteiger partial charge in [0.2, 0.25) is 0 Å². The Bertz CT molecular complexity index is 4700. The van der Waals surface area contributed by atoms with Gasteiger partial charge >= 0.3 is 0 Å². The first-order valence-corrected chi connectivity index (χ1v) is 28.8. The van der Waals surface area contributed by atoms with Crippen LogP contribution < -0.4 is 9.47 Å². The second-order valence-corrected chi connectivity index (χ2v) is 21.8. The van der Waals surface area contributed by atoms with Crippen LogP contribution in [0.15, 0.2) is 218 Å². The molecule has 0 heterocycles. The average molecular weight is 1280 g/mol. The van der Waals surface area contributed by atoms with Crippen LogP contribution in [0.5, 0.6) is 97.7 Å². The van der Waals surface area contributed by atoms with Crippen LogP contribution in [-0.2, 0) is 0 Å². The van der Waals surface area contributed by atoms with Crippen molar-refractivity contribution in [2.45, 2.75) is 11.8 Å². The predicted molar refractivity (Wildman–Crippen MR) is 347 cm³/mol. The molecular formula is C75H56O20. The van der Waals surface area contributed by atoms with Crippen molar-refractivity contribution in [1.29, 1.82) is 0 Å². The van der Waals surface area contributed by atoms with Crippen molar-refractivity contribution in [3.8, 4) is 97.7 Å². The van der Waals surface area contributed by atoms with Crippen LogP contribution in [0.3, 0.4) is 0 Å². The summed E-state index contributed by atoms with van der Waals surface area (Å²) < 4.78 is 11.7. The molecule has 0 aliphatic heterocycles. The number of carbonyl (C=O) groups is 5. The maximum atomic E-state index is 14.4. The van der Waals surface area contributed by atoms with Gasteiger partial charge < -0.3 is 75.9 Å². The molecule has 4 atom stereocenters. The van der Waals surface area contributed by atoms with Crippen LogP contribution in [0, 0.1) is 11.8 Å². The second kappa shape index (κ2) is 27.9. The van der Waals surface area contributed by atoms with E-state index < -0.39 is 64.1 Å². The van der Waals surface area contributed by atoms with Crippen LogP contribution in [0.2, 0.25) is 0 Å². The van der Waals surface area contributed by atoms with Gasteiger partial charge in [0.25, 0.3) is 0 Å². The Hall–Kier alpha value is -13.2. The number of benzene rings is 10. The summed E-state index contributed by atoms with van der Waals surface area (Å²) in [6, 6.07) is 46.5. The van der Waals surface area contributed by atoms with Crippen LogP contribution in [0.25, 0.3) is 18.2 Å². The van der Waals surface area contributed by atoms with Gasteiger partial charge in [-0.2, -0.15) is 0 Å². The third-order valence-corrected chi connectivity index (χ3v) is 15.5. The third-order valence-electron chi connectivity index (χ3n) is 15.5.